The quantitative estimate of drug-likeness (QED) is 0.543. The number of fused-ring (bicyclic) bond motifs is 2. The van der Waals surface area contributed by atoms with Crippen LogP contribution in [0.4, 0.5) is 0 Å². The van der Waals surface area contributed by atoms with E-state index in [0.29, 0.717) is 16.6 Å². The maximum Gasteiger partial charge on any atom is 0.125 e. The lowest BCUT2D eigenvalue weighted by molar-refractivity contribution is 0.470. The van der Waals surface area contributed by atoms with E-state index in [1.165, 1.54) is 0 Å². The molecule has 3 heteroatoms. The van der Waals surface area contributed by atoms with E-state index in [-0.39, 0.29) is 11.5 Å². The molecule has 0 aliphatic heterocycles. The molecule has 2 N–H and O–H groups in total. The molecule has 3 aromatic carbocycles. The molecule has 0 unspecified atom stereocenters. The van der Waals surface area contributed by atoms with Gasteiger partial charge in [-0.3, -0.25) is 4.98 Å². The van der Waals surface area contributed by atoms with E-state index < -0.39 is 0 Å². The van der Waals surface area contributed by atoms with Crippen molar-refractivity contribution in [3.05, 3.63) is 66.9 Å². The Morgan fingerprint density at radius 2 is 1.32 bits per heavy atom. The third kappa shape index (κ3) is 1.79. The molecule has 0 spiro atoms. The van der Waals surface area contributed by atoms with E-state index in [9.17, 15) is 10.2 Å². The van der Waals surface area contributed by atoms with Gasteiger partial charge >= 0.3 is 0 Å². The van der Waals surface area contributed by atoms with Crippen LogP contribution in [0.2, 0.25) is 0 Å². The van der Waals surface area contributed by atoms with Crippen LogP contribution in [0.5, 0.6) is 11.5 Å². The molecule has 0 saturated carbocycles. The number of hydrogen-bond donors (Lipinski definition) is 2. The van der Waals surface area contributed by atoms with Crippen molar-refractivity contribution in [1.29, 1.82) is 0 Å². The third-order valence-electron chi connectivity index (χ3n) is 3.91. The van der Waals surface area contributed by atoms with Crippen molar-refractivity contribution in [3.63, 3.8) is 0 Å². The van der Waals surface area contributed by atoms with Crippen LogP contribution in [-0.2, 0) is 0 Å². The molecule has 4 rings (SSSR count). The number of nitrogens with zero attached hydrogens (tertiary/aromatic N) is 1. The lowest BCUT2D eigenvalue weighted by Crippen LogP contribution is -1.88. The SMILES string of the molecule is Oc1ccc2ccccc2c1-c1c(O)ccc2cccnc12. The molecule has 0 amide bonds. The Balaban J connectivity index is 2.21. The van der Waals surface area contributed by atoms with Crippen molar-refractivity contribution in [1.82, 2.24) is 4.98 Å². The third-order valence-corrected chi connectivity index (χ3v) is 3.91. The van der Waals surface area contributed by atoms with Crippen LogP contribution < -0.4 is 0 Å². The summed E-state index contributed by atoms with van der Waals surface area (Å²) in [5.74, 6) is 0.241. The second kappa shape index (κ2) is 4.74. The number of pyridine rings is 1. The molecule has 3 nitrogen and oxygen atoms in total. The second-order valence-electron chi connectivity index (χ2n) is 5.22. The van der Waals surface area contributed by atoms with Gasteiger partial charge in [0.15, 0.2) is 0 Å². The van der Waals surface area contributed by atoms with Crippen molar-refractivity contribution in [2.24, 2.45) is 0 Å². The van der Waals surface area contributed by atoms with Crippen LogP contribution in [-0.4, -0.2) is 15.2 Å². The molecule has 1 aromatic heterocycles. The van der Waals surface area contributed by atoms with Crippen molar-refractivity contribution >= 4 is 21.7 Å². The predicted octanol–water partition coefficient (Wildman–Crippen LogP) is 4.47. The van der Waals surface area contributed by atoms with Gasteiger partial charge in [-0.25, -0.2) is 0 Å². The molecule has 0 aliphatic rings. The Labute approximate surface area is 127 Å². The zero-order chi connectivity index (χ0) is 15.1. The van der Waals surface area contributed by atoms with Gasteiger partial charge < -0.3 is 10.2 Å². The highest BCUT2D eigenvalue weighted by atomic mass is 16.3. The van der Waals surface area contributed by atoms with E-state index in [0.717, 1.165) is 16.2 Å². The number of phenols is 2. The minimum absolute atomic E-state index is 0.109. The maximum absolute atomic E-state index is 10.4. The van der Waals surface area contributed by atoms with E-state index in [2.05, 4.69) is 4.98 Å². The summed E-state index contributed by atoms with van der Waals surface area (Å²) in [4.78, 5) is 4.40. The van der Waals surface area contributed by atoms with Gasteiger partial charge in [0, 0.05) is 17.1 Å². The first kappa shape index (κ1) is 12.7. The monoisotopic (exact) mass is 287 g/mol. The molecule has 106 valence electrons. The van der Waals surface area contributed by atoms with Crippen LogP contribution in [0, 0.1) is 0 Å². The van der Waals surface area contributed by atoms with Crippen LogP contribution >= 0.6 is 0 Å². The Morgan fingerprint density at radius 1 is 0.636 bits per heavy atom. The molecule has 4 aromatic rings. The smallest absolute Gasteiger partial charge is 0.125 e. The lowest BCUT2D eigenvalue weighted by Gasteiger charge is -2.13. The van der Waals surface area contributed by atoms with Crippen LogP contribution in [0.3, 0.4) is 0 Å². The Morgan fingerprint density at radius 3 is 2.18 bits per heavy atom. The normalized spacial score (nSPS) is 11.1. The molecule has 0 saturated heterocycles. The minimum Gasteiger partial charge on any atom is -0.507 e. The number of aromatic hydroxyl groups is 2. The highest BCUT2D eigenvalue weighted by Crippen LogP contribution is 2.43. The molecule has 22 heavy (non-hydrogen) atoms. The Bertz CT molecular complexity index is 925. The first-order chi connectivity index (χ1) is 10.8. The van der Waals surface area contributed by atoms with Crippen molar-refractivity contribution in [2.75, 3.05) is 0 Å². The average Bonchev–Trinajstić information content (AvgIpc) is 2.56. The standard InChI is InChI=1S/C19H13NO2/c21-15-9-7-12-4-1-2-6-14(12)17(15)18-16(22)10-8-13-5-3-11-20-19(13)18/h1-11,21-22H. The molecule has 0 aliphatic carbocycles. The van der Waals surface area contributed by atoms with Crippen molar-refractivity contribution < 1.29 is 10.2 Å². The molecule has 0 atom stereocenters. The fraction of sp³-hybridized carbons (Fsp3) is 0. The largest absolute Gasteiger partial charge is 0.507 e. The number of hydrogen-bond acceptors (Lipinski definition) is 3. The lowest BCUT2D eigenvalue weighted by atomic mass is 9.94. The molecular weight excluding hydrogens is 274 g/mol. The van der Waals surface area contributed by atoms with Gasteiger partial charge in [-0.1, -0.05) is 36.4 Å². The first-order valence-corrected chi connectivity index (χ1v) is 7.03. The van der Waals surface area contributed by atoms with Gasteiger partial charge in [0.1, 0.15) is 11.5 Å². The molecular formula is C19H13NO2. The fourth-order valence-electron chi connectivity index (χ4n) is 2.90. The number of aromatic nitrogens is 1. The first-order valence-electron chi connectivity index (χ1n) is 7.03. The van der Waals surface area contributed by atoms with Gasteiger partial charge in [-0.2, -0.15) is 0 Å². The van der Waals surface area contributed by atoms with Gasteiger partial charge in [0.05, 0.1) is 11.1 Å². The highest BCUT2D eigenvalue weighted by Gasteiger charge is 2.17. The summed E-state index contributed by atoms with van der Waals surface area (Å²) in [5, 5.41) is 23.6. The second-order valence-corrected chi connectivity index (χ2v) is 5.22. The predicted molar refractivity (Wildman–Crippen MR) is 88.0 cm³/mol. The van der Waals surface area contributed by atoms with Gasteiger partial charge in [0.25, 0.3) is 0 Å². The van der Waals surface area contributed by atoms with Gasteiger partial charge in [-0.05, 0) is 35.0 Å². The summed E-state index contributed by atoms with van der Waals surface area (Å²) < 4.78 is 0. The molecule has 0 bridgehead atoms. The molecule has 0 fully saturated rings. The van der Waals surface area contributed by atoms with Crippen molar-refractivity contribution in [3.8, 4) is 22.6 Å². The van der Waals surface area contributed by atoms with Gasteiger partial charge in [0.2, 0.25) is 0 Å². The van der Waals surface area contributed by atoms with Crippen LogP contribution in [0.25, 0.3) is 32.8 Å². The maximum atomic E-state index is 10.4. The minimum atomic E-state index is 0.109. The number of phenolic OH excluding ortho intramolecular Hbond substituents is 2. The Kier molecular flexibility index (Phi) is 2.73. The van der Waals surface area contributed by atoms with Gasteiger partial charge in [-0.15, -0.1) is 0 Å². The summed E-state index contributed by atoms with van der Waals surface area (Å²) in [6.07, 6.45) is 1.69. The summed E-state index contributed by atoms with van der Waals surface area (Å²) in [7, 11) is 0. The summed E-state index contributed by atoms with van der Waals surface area (Å²) in [6, 6.07) is 18.6. The van der Waals surface area contributed by atoms with E-state index in [1.807, 2.05) is 48.5 Å². The highest BCUT2D eigenvalue weighted by molar-refractivity contribution is 6.08. The fourth-order valence-corrected chi connectivity index (χ4v) is 2.90. The molecule has 1 heterocycles. The van der Waals surface area contributed by atoms with E-state index in [4.69, 9.17) is 0 Å². The summed E-state index contributed by atoms with van der Waals surface area (Å²) in [5.41, 5.74) is 1.85. The zero-order valence-electron chi connectivity index (χ0n) is 11.7. The van der Waals surface area contributed by atoms with E-state index >= 15 is 0 Å². The molecule has 0 radical (unpaired) electrons. The number of rotatable bonds is 1. The summed E-state index contributed by atoms with van der Waals surface area (Å²) >= 11 is 0. The van der Waals surface area contributed by atoms with Crippen LogP contribution in [0.15, 0.2) is 66.9 Å². The summed E-state index contributed by atoms with van der Waals surface area (Å²) in [6.45, 7) is 0. The van der Waals surface area contributed by atoms with E-state index in [1.54, 1.807) is 18.3 Å². The topological polar surface area (TPSA) is 53.4 Å². The van der Waals surface area contributed by atoms with Crippen molar-refractivity contribution in [2.45, 2.75) is 0 Å². The average molecular weight is 287 g/mol. The Hall–Kier alpha value is -3.07. The van der Waals surface area contributed by atoms with Crippen LogP contribution in [0.1, 0.15) is 0 Å². The number of benzene rings is 3. The zero-order valence-corrected chi connectivity index (χ0v) is 11.7.